The summed E-state index contributed by atoms with van der Waals surface area (Å²) in [6, 6.07) is 19.7. The zero-order valence-corrected chi connectivity index (χ0v) is 13.7. The Morgan fingerprint density at radius 2 is 1.68 bits per heavy atom. The normalized spacial score (nSPS) is 12.2. The molecule has 0 aliphatic carbocycles. The average molecular weight is 342 g/mol. The van der Waals surface area contributed by atoms with Crippen LogP contribution in [0.15, 0.2) is 69.9 Å². The number of fused-ring (bicyclic) bond motifs is 7. The summed E-state index contributed by atoms with van der Waals surface area (Å²) >= 11 is 1.74. The van der Waals surface area contributed by atoms with Gasteiger partial charge in [0.25, 0.3) is 5.56 Å². The summed E-state index contributed by atoms with van der Waals surface area (Å²) in [5.74, 6) is 0.334. The Morgan fingerprint density at radius 3 is 2.60 bits per heavy atom. The minimum absolute atomic E-state index is 0.0989. The minimum atomic E-state index is -0.0989. The van der Waals surface area contributed by atoms with E-state index in [1.807, 2.05) is 30.3 Å². The van der Waals surface area contributed by atoms with E-state index in [9.17, 15) is 4.79 Å². The topological polar surface area (TPSA) is 47.5 Å². The fourth-order valence-electron chi connectivity index (χ4n) is 3.49. The second kappa shape index (κ2) is 4.46. The van der Waals surface area contributed by atoms with Gasteiger partial charge in [0.05, 0.1) is 16.4 Å². The molecule has 25 heavy (non-hydrogen) atoms. The third kappa shape index (κ3) is 1.65. The van der Waals surface area contributed by atoms with Crippen molar-refractivity contribution in [3.05, 3.63) is 71.0 Å². The summed E-state index contributed by atoms with van der Waals surface area (Å²) in [7, 11) is 0. The van der Waals surface area contributed by atoms with Gasteiger partial charge >= 0.3 is 5.84 Å². The van der Waals surface area contributed by atoms with Crippen molar-refractivity contribution in [2.45, 2.75) is 0 Å². The molecule has 5 heteroatoms. The molecule has 6 aromatic rings. The fourth-order valence-corrected chi connectivity index (χ4v) is 4.61. The first-order valence-electron chi connectivity index (χ1n) is 7.95. The maximum atomic E-state index is 13.0. The van der Waals surface area contributed by atoms with Gasteiger partial charge in [0.15, 0.2) is 0 Å². The van der Waals surface area contributed by atoms with Crippen LogP contribution in [0.25, 0.3) is 48.0 Å². The molecule has 0 amide bonds. The van der Waals surface area contributed by atoms with E-state index < -0.39 is 0 Å². The smallest absolute Gasteiger partial charge is 0.310 e. The molecule has 4 nitrogen and oxygen atoms in total. The molecule has 0 fully saturated rings. The second-order valence-corrected chi connectivity index (χ2v) is 7.15. The van der Waals surface area contributed by atoms with Gasteiger partial charge < -0.3 is 4.42 Å². The molecule has 0 aliphatic rings. The van der Waals surface area contributed by atoms with Gasteiger partial charge in [-0.15, -0.1) is 11.3 Å². The molecule has 0 unspecified atom stereocenters. The van der Waals surface area contributed by atoms with Crippen molar-refractivity contribution in [2.75, 3.05) is 0 Å². The Labute approximate surface area is 144 Å². The van der Waals surface area contributed by atoms with Gasteiger partial charge in [-0.1, -0.05) is 30.3 Å². The SMILES string of the molecule is O=c1c2ccccc2oc2nc3cc4sc5ccccc5c4cc3n12. The summed E-state index contributed by atoms with van der Waals surface area (Å²) in [5, 5.41) is 2.90. The molecule has 0 N–H and O–H groups in total. The zero-order chi connectivity index (χ0) is 16.5. The van der Waals surface area contributed by atoms with E-state index in [1.165, 1.54) is 10.1 Å². The molecule has 0 aliphatic heterocycles. The molecule has 3 aromatic carbocycles. The van der Waals surface area contributed by atoms with Gasteiger partial charge in [0, 0.05) is 20.2 Å². The van der Waals surface area contributed by atoms with Gasteiger partial charge in [0.2, 0.25) is 0 Å². The van der Waals surface area contributed by atoms with Crippen LogP contribution in [-0.4, -0.2) is 9.38 Å². The summed E-state index contributed by atoms with van der Waals surface area (Å²) in [6.07, 6.45) is 0. The van der Waals surface area contributed by atoms with Gasteiger partial charge in [0.1, 0.15) is 5.58 Å². The van der Waals surface area contributed by atoms with Crippen LogP contribution in [0.5, 0.6) is 0 Å². The molecule has 0 bridgehead atoms. The third-order valence-electron chi connectivity index (χ3n) is 4.64. The number of para-hydroxylation sites is 1. The van der Waals surface area contributed by atoms with Crippen LogP contribution in [0.4, 0.5) is 0 Å². The van der Waals surface area contributed by atoms with E-state index in [0.717, 1.165) is 21.1 Å². The maximum Gasteiger partial charge on any atom is 0.310 e. The number of imidazole rings is 1. The second-order valence-electron chi connectivity index (χ2n) is 6.07. The summed E-state index contributed by atoms with van der Waals surface area (Å²) in [5.41, 5.74) is 2.02. The van der Waals surface area contributed by atoms with Crippen molar-refractivity contribution in [3.63, 3.8) is 0 Å². The molecule has 0 saturated heterocycles. The summed E-state index contributed by atoms with van der Waals surface area (Å²) in [4.78, 5) is 17.5. The van der Waals surface area contributed by atoms with E-state index >= 15 is 0 Å². The highest BCUT2D eigenvalue weighted by molar-refractivity contribution is 7.25. The van der Waals surface area contributed by atoms with Crippen molar-refractivity contribution in [1.29, 1.82) is 0 Å². The number of rotatable bonds is 0. The number of nitrogens with zero attached hydrogens (tertiary/aromatic N) is 2. The minimum Gasteiger partial charge on any atom is -0.424 e. The molecule has 3 aromatic heterocycles. The van der Waals surface area contributed by atoms with E-state index in [1.54, 1.807) is 27.9 Å². The van der Waals surface area contributed by atoms with Crippen molar-refractivity contribution in [2.24, 2.45) is 0 Å². The van der Waals surface area contributed by atoms with Crippen molar-refractivity contribution < 1.29 is 4.42 Å². The fraction of sp³-hybridized carbons (Fsp3) is 0. The molecule has 0 spiro atoms. The number of aromatic nitrogens is 2. The first kappa shape index (κ1) is 13.1. The highest BCUT2D eigenvalue weighted by Gasteiger charge is 2.15. The molecular formula is C20H10N2O2S. The van der Waals surface area contributed by atoms with Crippen molar-refractivity contribution >= 4 is 59.4 Å². The number of hydrogen-bond acceptors (Lipinski definition) is 4. The molecule has 0 radical (unpaired) electrons. The van der Waals surface area contributed by atoms with Crippen LogP contribution in [0.3, 0.4) is 0 Å². The van der Waals surface area contributed by atoms with E-state index in [-0.39, 0.29) is 5.56 Å². The van der Waals surface area contributed by atoms with Gasteiger partial charge in [-0.05, 0) is 30.3 Å². The lowest BCUT2D eigenvalue weighted by Gasteiger charge is -1.98. The van der Waals surface area contributed by atoms with Crippen LogP contribution in [-0.2, 0) is 0 Å². The monoisotopic (exact) mass is 342 g/mol. The lowest BCUT2D eigenvalue weighted by molar-refractivity contribution is 0.616. The zero-order valence-electron chi connectivity index (χ0n) is 12.9. The number of hydrogen-bond donors (Lipinski definition) is 0. The third-order valence-corrected chi connectivity index (χ3v) is 5.78. The Hall–Kier alpha value is -3.18. The van der Waals surface area contributed by atoms with E-state index in [2.05, 4.69) is 23.2 Å². The van der Waals surface area contributed by atoms with Crippen LogP contribution < -0.4 is 5.56 Å². The van der Waals surface area contributed by atoms with Crippen LogP contribution in [0.2, 0.25) is 0 Å². The quantitative estimate of drug-likeness (QED) is 0.392. The predicted octanol–water partition coefficient (Wildman–Crippen LogP) is 4.96. The van der Waals surface area contributed by atoms with Crippen LogP contribution in [0.1, 0.15) is 0 Å². The van der Waals surface area contributed by atoms with E-state index in [4.69, 9.17) is 4.42 Å². The Balaban J connectivity index is 1.87. The Kier molecular flexibility index (Phi) is 2.35. The van der Waals surface area contributed by atoms with Crippen molar-refractivity contribution in [1.82, 2.24) is 9.38 Å². The lowest BCUT2D eigenvalue weighted by atomic mass is 10.1. The molecule has 6 rings (SSSR count). The van der Waals surface area contributed by atoms with Crippen LogP contribution in [0, 0.1) is 0 Å². The molecule has 0 atom stereocenters. The highest BCUT2D eigenvalue weighted by Crippen LogP contribution is 2.36. The summed E-state index contributed by atoms with van der Waals surface area (Å²) < 4.78 is 9.83. The van der Waals surface area contributed by atoms with Gasteiger partial charge in [-0.2, -0.15) is 4.98 Å². The highest BCUT2D eigenvalue weighted by atomic mass is 32.1. The van der Waals surface area contributed by atoms with Crippen molar-refractivity contribution in [3.8, 4) is 0 Å². The number of benzene rings is 3. The molecule has 0 saturated carbocycles. The average Bonchev–Trinajstić information content (AvgIpc) is 3.17. The largest absolute Gasteiger partial charge is 0.424 e. The van der Waals surface area contributed by atoms with Crippen LogP contribution >= 0.6 is 11.3 Å². The van der Waals surface area contributed by atoms with Gasteiger partial charge in [-0.25, -0.2) is 4.40 Å². The lowest BCUT2D eigenvalue weighted by Crippen LogP contribution is -2.12. The van der Waals surface area contributed by atoms with Gasteiger partial charge in [-0.3, -0.25) is 4.79 Å². The predicted molar refractivity (Wildman–Crippen MR) is 102 cm³/mol. The maximum absolute atomic E-state index is 13.0. The Morgan fingerprint density at radius 1 is 0.880 bits per heavy atom. The standard InChI is InChI=1S/C20H10N2O2S/c23-19-12-6-1-3-7-16(12)24-20-21-14-10-18-13(9-15(14)22(19)20)11-5-2-4-8-17(11)25-18/h1-10H. The first-order valence-corrected chi connectivity index (χ1v) is 8.76. The first-order chi connectivity index (χ1) is 12.3. The molecular weight excluding hydrogens is 332 g/mol. The molecule has 3 heterocycles. The summed E-state index contributed by atoms with van der Waals surface area (Å²) in [6.45, 7) is 0. The number of thiophene rings is 1. The van der Waals surface area contributed by atoms with E-state index in [0.29, 0.717) is 16.8 Å². The molecule has 118 valence electrons. The Bertz CT molecular complexity index is 1520.